The van der Waals surface area contributed by atoms with Crippen molar-refractivity contribution in [1.29, 1.82) is 0 Å². The van der Waals surface area contributed by atoms with E-state index >= 15 is 0 Å². The van der Waals surface area contributed by atoms with Crippen LogP contribution in [0.1, 0.15) is 19.4 Å². The Hall–Kier alpha value is -3.15. The van der Waals surface area contributed by atoms with Gasteiger partial charge in [-0.25, -0.2) is 4.79 Å². The van der Waals surface area contributed by atoms with E-state index in [1.165, 1.54) is 21.0 Å². The third-order valence-corrected chi connectivity index (χ3v) is 2.91. The van der Waals surface area contributed by atoms with Gasteiger partial charge in [-0.15, -0.1) is 0 Å². The van der Waals surface area contributed by atoms with Gasteiger partial charge in [-0.2, -0.15) is 0 Å². The molecule has 0 saturated carbocycles. The smallest absolute Gasteiger partial charge is 0.341 e. The molecule has 0 aliphatic carbocycles. The zero-order valence-corrected chi connectivity index (χ0v) is 14.4. The predicted octanol–water partition coefficient (Wildman–Crippen LogP) is 2.81. The Bertz CT molecular complexity index is 698. The Morgan fingerprint density at radius 3 is 2.28 bits per heavy atom. The third-order valence-electron chi connectivity index (χ3n) is 2.91. The maximum Gasteiger partial charge on any atom is 0.341 e. The SMILES string of the molecule is COC(=O)C(=C/OC(C)=O)/C(=C\C=C/c1ccccc1)COC(C)=O. The van der Waals surface area contributed by atoms with Crippen LogP contribution in [0, 0.1) is 0 Å². The first-order chi connectivity index (χ1) is 11.9. The summed E-state index contributed by atoms with van der Waals surface area (Å²) in [7, 11) is 1.20. The number of methoxy groups -OCH3 is 1. The molecule has 0 fully saturated rings. The highest BCUT2D eigenvalue weighted by Gasteiger charge is 2.17. The molecule has 25 heavy (non-hydrogen) atoms. The van der Waals surface area contributed by atoms with Crippen LogP contribution in [-0.4, -0.2) is 31.6 Å². The van der Waals surface area contributed by atoms with Crippen LogP contribution < -0.4 is 0 Å². The number of allylic oxidation sites excluding steroid dienone is 2. The number of benzene rings is 1. The molecular formula is C19H20O6. The number of hydrogen-bond donors (Lipinski definition) is 0. The molecule has 0 radical (unpaired) electrons. The lowest BCUT2D eigenvalue weighted by Crippen LogP contribution is -2.13. The summed E-state index contributed by atoms with van der Waals surface area (Å²) in [5.41, 5.74) is 1.27. The van der Waals surface area contributed by atoms with Crippen molar-refractivity contribution in [2.75, 3.05) is 13.7 Å². The molecule has 132 valence electrons. The van der Waals surface area contributed by atoms with E-state index in [1.54, 1.807) is 12.2 Å². The highest BCUT2D eigenvalue weighted by molar-refractivity contribution is 5.93. The molecule has 0 spiro atoms. The van der Waals surface area contributed by atoms with E-state index < -0.39 is 17.9 Å². The van der Waals surface area contributed by atoms with Crippen molar-refractivity contribution in [3.05, 3.63) is 65.5 Å². The first-order valence-corrected chi connectivity index (χ1v) is 7.45. The fourth-order valence-corrected chi connectivity index (χ4v) is 1.74. The minimum atomic E-state index is -0.715. The molecule has 1 aromatic carbocycles. The molecule has 0 amide bonds. The van der Waals surface area contributed by atoms with E-state index in [9.17, 15) is 14.4 Å². The molecule has 0 aliphatic heterocycles. The largest absolute Gasteiger partial charge is 0.465 e. The van der Waals surface area contributed by atoms with Crippen LogP contribution >= 0.6 is 0 Å². The molecular weight excluding hydrogens is 324 g/mol. The minimum absolute atomic E-state index is 0.0170. The lowest BCUT2D eigenvalue weighted by atomic mass is 10.1. The zero-order chi connectivity index (χ0) is 18.7. The van der Waals surface area contributed by atoms with E-state index in [-0.39, 0.29) is 12.2 Å². The number of ether oxygens (including phenoxy) is 3. The van der Waals surface area contributed by atoms with Gasteiger partial charge in [0, 0.05) is 19.4 Å². The number of carbonyl (C=O) groups is 3. The second-order valence-electron chi connectivity index (χ2n) is 4.87. The predicted molar refractivity (Wildman–Crippen MR) is 92.1 cm³/mol. The summed E-state index contributed by atoms with van der Waals surface area (Å²) in [4.78, 5) is 34.0. The van der Waals surface area contributed by atoms with Crippen LogP contribution in [0.2, 0.25) is 0 Å². The first-order valence-electron chi connectivity index (χ1n) is 7.45. The number of carbonyl (C=O) groups excluding carboxylic acids is 3. The number of hydrogen-bond acceptors (Lipinski definition) is 6. The van der Waals surface area contributed by atoms with Gasteiger partial charge < -0.3 is 14.2 Å². The maximum absolute atomic E-state index is 12.0. The van der Waals surface area contributed by atoms with Crippen LogP contribution in [-0.2, 0) is 28.6 Å². The van der Waals surface area contributed by atoms with Crippen molar-refractivity contribution in [2.45, 2.75) is 13.8 Å². The van der Waals surface area contributed by atoms with E-state index in [1.807, 2.05) is 36.4 Å². The maximum atomic E-state index is 12.0. The number of esters is 3. The molecule has 6 heteroatoms. The Morgan fingerprint density at radius 2 is 1.72 bits per heavy atom. The first kappa shape index (κ1) is 19.9. The van der Waals surface area contributed by atoms with Crippen molar-refractivity contribution < 1.29 is 28.6 Å². The molecule has 1 rings (SSSR count). The van der Waals surface area contributed by atoms with E-state index in [4.69, 9.17) is 14.2 Å². The summed E-state index contributed by atoms with van der Waals surface area (Å²) in [6, 6.07) is 9.50. The van der Waals surface area contributed by atoms with Gasteiger partial charge in [0.1, 0.15) is 18.4 Å². The standard InChI is InChI=1S/C19H20O6/c1-14(20)24-12-17(11-7-10-16-8-5-4-6-9-16)18(19(22)23-3)13-25-15(2)21/h4-11,13H,12H2,1-3H3/b10-7-,17-11-,18-13+. The van der Waals surface area contributed by atoms with Gasteiger partial charge in [0.05, 0.1) is 7.11 Å². The number of rotatable bonds is 7. The summed E-state index contributed by atoms with van der Waals surface area (Å²) in [6.45, 7) is 2.29. The normalized spacial score (nSPS) is 12.0. The summed E-state index contributed by atoms with van der Waals surface area (Å²) in [5, 5.41) is 0. The van der Waals surface area contributed by atoms with Crippen molar-refractivity contribution >= 4 is 24.0 Å². The van der Waals surface area contributed by atoms with E-state index in [0.29, 0.717) is 5.57 Å². The third kappa shape index (κ3) is 7.78. The Balaban J connectivity index is 3.13. The van der Waals surface area contributed by atoms with Gasteiger partial charge >= 0.3 is 17.9 Å². The van der Waals surface area contributed by atoms with Gasteiger partial charge in [-0.3, -0.25) is 9.59 Å². The van der Waals surface area contributed by atoms with Gasteiger partial charge in [-0.1, -0.05) is 48.6 Å². The Labute approximate surface area is 146 Å². The average Bonchev–Trinajstić information content (AvgIpc) is 2.59. The highest BCUT2D eigenvalue weighted by Crippen LogP contribution is 2.14. The molecule has 0 atom stereocenters. The summed E-state index contributed by atoms with van der Waals surface area (Å²) < 4.78 is 14.4. The molecule has 0 aliphatic rings. The van der Waals surface area contributed by atoms with Gasteiger partial charge in [0.25, 0.3) is 0 Å². The van der Waals surface area contributed by atoms with Crippen LogP contribution in [0.5, 0.6) is 0 Å². The Morgan fingerprint density at radius 1 is 1.04 bits per heavy atom. The van der Waals surface area contributed by atoms with Crippen LogP contribution in [0.3, 0.4) is 0 Å². The molecule has 0 bridgehead atoms. The van der Waals surface area contributed by atoms with Gasteiger partial charge in [-0.05, 0) is 5.56 Å². The molecule has 6 nitrogen and oxygen atoms in total. The zero-order valence-electron chi connectivity index (χ0n) is 14.4. The van der Waals surface area contributed by atoms with E-state index in [0.717, 1.165) is 11.8 Å². The van der Waals surface area contributed by atoms with Crippen molar-refractivity contribution in [1.82, 2.24) is 0 Å². The molecule has 1 aromatic rings. The lowest BCUT2D eigenvalue weighted by Gasteiger charge is -2.10. The molecule has 0 saturated heterocycles. The molecule has 0 aromatic heterocycles. The van der Waals surface area contributed by atoms with Gasteiger partial charge in [0.2, 0.25) is 0 Å². The van der Waals surface area contributed by atoms with Crippen LogP contribution in [0.25, 0.3) is 6.08 Å². The molecule has 0 unspecified atom stereocenters. The summed E-state index contributed by atoms with van der Waals surface area (Å²) in [5.74, 6) is -1.81. The van der Waals surface area contributed by atoms with Crippen LogP contribution in [0.4, 0.5) is 0 Å². The molecule has 0 N–H and O–H groups in total. The monoisotopic (exact) mass is 344 g/mol. The van der Waals surface area contributed by atoms with E-state index in [2.05, 4.69) is 0 Å². The minimum Gasteiger partial charge on any atom is -0.465 e. The van der Waals surface area contributed by atoms with Crippen molar-refractivity contribution in [2.24, 2.45) is 0 Å². The second-order valence-corrected chi connectivity index (χ2v) is 4.87. The Kier molecular flexibility index (Phi) is 8.43. The summed E-state index contributed by atoms with van der Waals surface area (Å²) in [6.07, 6.45) is 6.08. The lowest BCUT2D eigenvalue weighted by molar-refractivity contribution is -0.141. The molecule has 0 heterocycles. The average molecular weight is 344 g/mol. The quantitative estimate of drug-likeness (QED) is 0.249. The highest BCUT2D eigenvalue weighted by atomic mass is 16.5. The summed E-state index contributed by atoms with van der Waals surface area (Å²) >= 11 is 0. The van der Waals surface area contributed by atoms with Crippen molar-refractivity contribution in [3.8, 4) is 0 Å². The fourth-order valence-electron chi connectivity index (χ4n) is 1.74. The fraction of sp³-hybridized carbons (Fsp3) is 0.211. The topological polar surface area (TPSA) is 78.9 Å². The van der Waals surface area contributed by atoms with Crippen LogP contribution in [0.15, 0.2) is 59.9 Å². The van der Waals surface area contributed by atoms with Gasteiger partial charge in [0.15, 0.2) is 0 Å². The second kappa shape index (κ2) is 10.6. The van der Waals surface area contributed by atoms with Crippen molar-refractivity contribution in [3.63, 3.8) is 0 Å².